The zero-order valence-electron chi connectivity index (χ0n) is 9.43. The van der Waals surface area contributed by atoms with E-state index in [9.17, 15) is 4.21 Å². The fraction of sp³-hybridized carbons (Fsp3) is 0.167. The van der Waals surface area contributed by atoms with Crippen molar-refractivity contribution in [2.75, 3.05) is 0 Å². The van der Waals surface area contributed by atoms with E-state index in [0.717, 1.165) is 16.7 Å². The molecule has 17 heavy (non-hydrogen) atoms. The summed E-state index contributed by atoms with van der Waals surface area (Å²) in [4.78, 5) is 8.33. The predicted octanol–water partition coefficient (Wildman–Crippen LogP) is 2.18. The minimum atomic E-state index is -1.55. The van der Waals surface area contributed by atoms with E-state index in [1.807, 2.05) is 25.1 Å². The lowest BCUT2D eigenvalue weighted by Gasteiger charge is -2.18. The van der Waals surface area contributed by atoms with Crippen LogP contribution >= 0.6 is 0 Å². The molecule has 0 bridgehead atoms. The molecule has 1 aromatic carbocycles. The first-order valence-corrected chi connectivity index (χ1v) is 6.27. The third-order valence-electron chi connectivity index (χ3n) is 2.62. The molecule has 3 rings (SSSR count). The molecule has 0 aliphatic carbocycles. The van der Waals surface area contributed by atoms with Crippen LogP contribution < -0.4 is 4.18 Å². The highest BCUT2D eigenvalue weighted by molar-refractivity contribution is 7.80. The quantitative estimate of drug-likeness (QED) is 0.668. The molecular formula is C12H10N2O2S. The van der Waals surface area contributed by atoms with E-state index >= 15 is 0 Å². The summed E-state index contributed by atoms with van der Waals surface area (Å²) in [6, 6.07) is 5.80. The summed E-state index contributed by atoms with van der Waals surface area (Å²) in [6.45, 7) is 3.73. The lowest BCUT2D eigenvalue weighted by Crippen LogP contribution is -2.12. The van der Waals surface area contributed by atoms with Gasteiger partial charge in [-0.1, -0.05) is 12.1 Å². The average Bonchev–Trinajstić information content (AvgIpc) is 2.29. The number of hydrogen-bond donors (Lipinski definition) is 0. The fourth-order valence-electron chi connectivity index (χ4n) is 1.80. The smallest absolute Gasteiger partial charge is 0.260 e. The van der Waals surface area contributed by atoms with Gasteiger partial charge in [0.1, 0.15) is 11.6 Å². The monoisotopic (exact) mass is 246 g/mol. The summed E-state index contributed by atoms with van der Waals surface area (Å²) in [5.74, 6) is 1.22. The molecule has 1 unspecified atom stereocenters. The Bertz CT molecular complexity index is 640. The van der Waals surface area contributed by atoms with Crippen molar-refractivity contribution in [2.24, 2.45) is 0 Å². The van der Waals surface area contributed by atoms with Gasteiger partial charge in [-0.15, -0.1) is 0 Å². The van der Waals surface area contributed by atoms with Crippen molar-refractivity contribution >= 4 is 11.1 Å². The number of rotatable bonds is 0. The molecule has 0 saturated heterocycles. The van der Waals surface area contributed by atoms with Crippen LogP contribution in [0.4, 0.5) is 0 Å². The van der Waals surface area contributed by atoms with Crippen molar-refractivity contribution in [3.63, 3.8) is 0 Å². The van der Waals surface area contributed by atoms with Crippen LogP contribution in [-0.2, 0) is 11.1 Å². The summed E-state index contributed by atoms with van der Waals surface area (Å²) in [5.41, 5.74) is 2.75. The number of benzene rings is 1. The Morgan fingerprint density at radius 2 is 2.06 bits per heavy atom. The molecule has 0 amide bonds. The molecule has 1 aromatic heterocycles. The van der Waals surface area contributed by atoms with Crippen LogP contribution in [0.5, 0.6) is 5.75 Å². The fourth-order valence-corrected chi connectivity index (χ4v) is 2.73. The van der Waals surface area contributed by atoms with Gasteiger partial charge in [-0.05, 0) is 25.5 Å². The van der Waals surface area contributed by atoms with E-state index in [2.05, 4.69) is 9.97 Å². The normalized spacial score (nSPS) is 16.9. The van der Waals surface area contributed by atoms with Crippen LogP contribution in [-0.4, -0.2) is 14.2 Å². The van der Waals surface area contributed by atoms with Gasteiger partial charge in [0.25, 0.3) is 11.1 Å². The first-order valence-electron chi connectivity index (χ1n) is 5.20. The molecule has 4 nitrogen and oxygen atoms in total. The zero-order valence-corrected chi connectivity index (χ0v) is 10.2. The van der Waals surface area contributed by atoms with Crippen LogP contribution in [0.1, 0.15) is 11.4 Å². The van der Waals surface area contributed by atoms with Crippen LogP contribution in [0.3, 0.4) is 0 Å². The Kier molecular flexibility index (Phi) is 2.22. The highest BCUT2D eigenvalue weighted by atomic mass is 32.2. The molecule has 5 heteroatoms. The molecule has 0 saturated carbocycles. The van der Waals surface area contributed by atoms with Gasteiger partial charge in [-0.25, -0.2) is 14.2 Å². The minimum absolute atomic E-state index is 0.453. The van der Waals surface area contributed by atoms with Crippen molar-refractivity contribution in [3.8, 4) is 16.9 Å². The molecule has 2 heterocycles. The number of nitrogens with zero attached hydrogens (tertiary/aromatic N) is 2. The molecule has 1 aliphatic heterocycles. The molecular weight excluding hydrogens is 236 g/mol. The number of aryl methyl sites for hydroxylation is 2. The van der Waals surface area contributed by atoms with Crippen LogP contribution in [0.2, 0.25) is 0 Å². The van der Waals surface area contributed by atoms with Crippen LogP contribution in [0.15, 0.2) is 29.4 Å². The number of aromatic nitrogens is 2. The maximum atomic E-state index is 11.9. The number of fused-ring (bicyclic) bond motifs is 3. The Morgan fingerprint density at radius 1 is 1.24 bits per heavy atom. The van der Waals surface area contributed by atoms with Crippen molar-refractivity contribution in [2.45, 2.75) is 18.9 Å². The van der Waals surface area contributed by atoms with E-state index in [1.54, 1.807) is 13.1 Å². The molecule has 1 atom stereocenters. The summed E-state index contributed by atoms with van der Waals surface area (Å²) in [5, 5.41) is 0.453. The first kappa shape index (κ1) is 10.4. The Morgan fingerprint density at radius 3 is 2.88 bits per heavy atom. The molecule has 2 aromatic rings. The van der Waals surface area contributed by atoms with Crippen LogP contribution in [0, 0.1) is 13.8 Å². The zero-order chi connectivity index (χ0) is 12.0. The predicted molar refractivity (Wildman–Crippen MR) is 64.0 cm³/mol. The van der Waals surface area contributed by atoms with E-state index in [4.69, 9.17) is 4.18 Å². The molecule has 86 valence electrons. The summed E-state index contributed by atoms with van der Waals surface area (Å²) >= 11 is -1.55. The van der Waals surface area contributed by atoms with Gasteiger partial charge in [0.2, 0.25) is 0 Å². The van der Waals surface area contributed by atoms with Crippen LogP contribution in [0.25, 0.3) is 11.1 Å². The van der Waals surface area contributed by atoms with Gasteiger partial charge in [-0.3, -0.25) is 0 Å². The molecule has 0 fully saturated rings. The first-order chi connectivity index (χ1) is 8.15. The maximum Gasteiger partial charge on any atom is 0.260 e. The lowest BCUT2D eigenvalue weighted by molar-refractivity contribution is 0.553. The van der Waals surface area contributed by atoms with Gasteiger partial charge in [0.15, 0.2) is 5.03 Å². The topological polar surface area (TPSA) is 52.1 Å². The summed E-state index contributed by atoms with van der Waals surface area (Å²) < 4.78 is 17.3. The SMILES string of the molecule is Cc1ccc2c(c1)OS(=O)c1nc(C)ncc1-2. The van der Waals surface area contributed by atoms with E-state index < -0.39 is 11.1 Å². The van der Waals surface area contributed by atoms with E-state index in [1.165, 1.54) is 0 Å². The Balaban J connectivity index is 2.30. The molecule has 0 spiro atoms. The van der Waals surface area contributed by atoms with E-state index in [0.29, 0.717) is 16.6 Å². The average molecular weight is 246 g/mol. The van der Waals surface area contributed by atoms with Crippen molar-refractivity contribution in [3.05, 3.63) is 35.8 Å². The van der Waals surface area contributed by atoms with Gasteiger partial charge < -0.3 is 4.18 Å². The molecule has 0 N–H and O–H groups in total. The summed E-state index contributed by atoms with van der Waals surface area (Å²) in [6.07, 6.45) is 1.70. The molecule has 0 radical (unpaired) electrons. The number of hydrogen-bond acceptors (Lipinski definition) is 4. The van der Waals surface area contributed by atoms with Crippen molar-refractivity contribution in [1.29, 1.82) is 0 Å². The van der Waals surface area contributed by atoms with Gasteiger partial charge >= 0.3 is 0 Å². The second-order valence-electron chi connectivity index (χ2n) is 3.95. The van der Waals surface area contributed by atoms with Gasteiger partial charge in [0, 0.05) is 17.3 Å². The maximum absolute atomic E-state index is 11.9. The summed E-state index contributed by atoms with van der Waals surface area (Å²) in [7, 11) is 0. The Labute approximate surface area is 101 Å². The van der Waals surface area contributed by atoms with Crippen molar-refractivity contribution < 1.29 is 8.39 Å². The van der Waals surface area contributed by atoms with Crippen molar-refractivity contribution in [1.82, 2.24) is 9.97 Å². The Hall–Kier alpha value is -1.75. The lowest BCUT2D eigenvalue weighted by atomic mass is 10.1. The van der Waals surface area contributed by atoms with Gasteiger partial charge in [-0.2, -0.15) is 0 Å². The van der Waals surface area contributed by atoms with E-state index in [-0.39, 0.29) is 0 Å². The second-order valence-corrected chi connectivity index (χ2v) is 4.98. The minimum Gasteiger partial charge on any atom is -0.395 e. The standard InChI is InChI=1S/C12H10N2O2S/c1-7-3-4-9-10-6-13-8(2)14-12(10)17(15)16-11(9)5-7/h3-6H,1-2H3. The largest absolute Gasteiger partial charge is 0.395 e. The van der Waals surface area contributed by atoms with Gasteiger partial charge in [0.05, 0.1) is 0 Å². The third-order valence-corrected chi connectivity index (χ3v) is 3.58. The second kappa shape index (κ2) is 3.63. The highest BCUT2D eigenvalue weighted by Gasteiger charge is 2.25. The highest BCUT2D eigenvalue weighted by Crippen LogP contribution is 2.38. The third kappa shape index (κ3) is 1.63. The molecule has 1 aliphatic rings.